The summed E-state index contributed by atoms with van der Waals surface area (Å²) >= 11 is 11.4. The van der Waals surface area contributed by atoms with Crippen LogP contribution in [-0.4, -0.2) is 5.75 Å². The number of fused-ring (bicyclic) bond motifs is 1. The molecule has 0 spiro atoms. The first-order valence-electron chi connectivity index (χ1n) is 6.17. The molecule has 0 radical (unpaired) electrons. The molecule has 0 fully saturated rings. The highest BCUT2D eigenvalue weighted by Crippen LogP contribution is 2.38. The molecule has 0 amide bonds. The van der Waals surface area contributed by atoms with E-state index in [-0.39, 0.29) is 0 Å². The van der Waals surface area contributed by atoms with Gasteiger partial charge in [-0.15, -0.1) is 11.8 Å². The molecule has 1 unspecified atom stereocenters. The van der Waals surface area contributed by atoms with E-state index in [4.69, 9.17) is 11.6 Å². The van der Waals surface area contributed by atoms with Gasteiger partial charge in [0, 0.05) is 20.8 Å². The van der Waals surface area contributed by atoms with Gasteiger partial charge in [-0.1, -0.05) is 29.8 Å². The van der Waals surface area contributed by atoms with Crippen molar-refractivity contribution < 1.29 is 0 Å². The highest BCUT2D eigenvalue weighted by atomic mass is 79.9. The van der Waals surface area contributed by atoms with E-state index in [1.807, 2.05) is 30.0 Å². The van der Waals surface area contributed by atoms with Crippen LogP contribution in [0, 0.1) is 0 Å². The van der Waals surface area contributed by atoms with Crippen molar-refractivity contribution in [1.82, 2.24) is 0 Å². The van der Waals surface area contributed by atoms with Crippen LogP contribution in [0.15, 0.2) is 51.8 Å². The molecule has 2 aromatic rings. The SMILES string of the molecule is Clc1ccc(NC2CCSc3ccccc32)cc1Br. The van der Waals surface area contributed by atoms with Gasteiger partial charge in [-0.2, -0.15) is 0 Å². The minimum absolute atomic E-state index is 0.380. The highest BCUT2D eigenvalue weighted by Gasteiger charge is 2.20. The Balaban J connectivity index is 1.86. The summed E-state index contributed by atoms with van der Waals surface area (Å²) < 4.78 is 0.928. The Morgan fingerprint density at radius 1 is 1.21 bits per heavy atom. The first-order chi connectivity index (χ1) is 9.24. The van der Waals surface area contributed by atoms with Gasteiger partial charge in [0.2, 0.25) is 0 Å². The normalized spacial score (nSPS) is 17.9. The third-order valence-corrected chi connectivity index (χ3v) is 5.56. The van der Waals surface area contributed by atoms with E-state index in [1.54, 1.807) is 0 Å². The first kappa shape index (κ1) is 13.3. The first-order valence-corrected chi connectivity index (χ1v) is 8.33. The molecule has 1 atom stereocenters. The molecule has 98 valence electrons. The molecule has 0 bridgehead atoms. The van der Waals surface area contributed by atoms with Crippen molar-refractivity contribution in [3.63, 3.8) is 0 Å². The third-order valence-electron chi connectivity index (χ3n) is 3.22. The van der Waals surface area contributed by atoms with E-state index >= 15 is 0 Å². The highest BCUT2D eigenvalue weighted by molar-refractivity contribution is 9.10. The maximum atomic E-state index is 6.03. The zero-order valence-corrected chi connectivity index (χ0v) is 13.4. The van der Waals surface area contributed by atoms with Crippen LogP contribution in [0.25, 0.3) is 0 Å². The summed E-state index contributed by atoms with van der Waals surface area (Å²) in [5.74, 6) is 1.16. The smallest absolute Gasteiger partial charge is 0.0549 e. The lowest BCUT2D eigenvalue weighted by molar-refractivity contribution is 0.728. The second-order valence-electron chi connectivity index (χ2n) is 4.50. The number of rotatable bonds is 2. The number of hydrogen-bond acceptors (Lipinski definition) is 2. The summed E-state index contributed by atoms with van der Waals surface area (Å²) in [5.41, 5.74) is 2.49. The maximum Gasteiger partial charge on any atom is 0.0549 e. The van der Waals surface area contributed by atoms with Gasteiger partial charge in [0.05, 0.1) is 11.1 Å². The van der Waals surface area contributed by atoms with Gasteiger partial charge in [0.25, 0.3) is 0 Å². The van der Waals surface area contributed by atoms with Crippen LogP contribution >= 0.6 is 39.3 Å². The summed E-state index contributed by atoms with van der Waals surface area (Å²) in [6, 6.07) is 15.0. The molecule has 1 aliphatic heterocycles. The van der Waals surface area contributed by atoms with Crippen molar-refractivity contribution in [2.75, 3.05) is 11.1 Å². The molecule has 0 aliphatic carbocycles. The van der Waals surface area contributed by atoms with E-state index in [9.17, 15) is 0 Å². The second kappa shape index (κ2) is 5.78. The lowest BCUT2D eigenvalue weighted by atomic mass is 10.0. The van der Waals surface area contributed by atoms with Gasteiger partial charge in [0.15, 0.2) is 0 Å². The predicted octanol–water partition coefficient (Wildman–Crippen LogP) is 5.75. The zero-order chi connectivity index (χ0) is 13.2. The predicted molar refractivity (Wildman–Crippen MR) is 87.3 cm³/mol. The molecule has 0 saturated carbocycles. The molecule has 1 nitrogen and oxygen atoms in total. The topological polar surface area (TPSA) is 12.0 Å². The monoisotopic (exact) mass is 353 g/mol. The van der Waals surface area contributed by atoms with Gasteiger partial charge in [-0.3, -0.25) is 0 Å². The Hall–Kier alpha value is -0.640. The second-order valence-corrected chi connectivity index (χ2v) is 6.90. The Bertz CT molecular complexity index is 602. The van der Waals surface area contributed by atoms with Crippen molar-refractivity contribution in [2.24, 2.45) is 0 Å². The largest absolute Gasteiger partial charge is 0.378 e. The number of hydrogen-bond donors (Lipinski definition) is 1. The maximum absolute atomic E-state index is 6.03. The molecule has 0 aromatic heterocycles. The van der Waals surface area contributed by atoms with Gasteiger partial charge in [-0.05, 0) is 52.2 Å². The molecule has 19 heavy (non-hydrogen) atoms. The van der Waals surface area contributed by atoms with Gasteiger partial charge in [0.1, 0.15) is 0 Å². The van der Waals surface area contributed by atoms with Crippen LogP contribution < -0.4 is 5.32 Å². The Morgan fingerprint density at radius 3 is 2.89 bits per heavy atom. The minimum atomic E-state index is 0.380. The average Bonchev–Trinajstić information content (AvgIpc) is 2.43. The Morgan fingerprint density at radius 2 is 2.05 bits per heavy atom. The lowest BCUT2D eigenvalue weighted by Gasteiger charge is -2.26. The van der Waals surface area contributed by atoms with Crippen LogP contribution in [0.4, 0.5) is 5.69 Å². The van der Waals surface area contributed by atoms with E-state index in [0.717, 1.165) is 27.4 Å². The number of thioether (sulfide) groups is 1. The zero-order valence-electron chi connectivity index (χ0n) is 10.2. The van der Waals surface area contributed by atoms with Gasteiger partial charge >= 0.3 is 0 Å². The molecule has 1 N–H and O–H groups in total. The van der Waals surface area contributed by atoms with Crippen LogP contribution in [0.5, 0.6) is 0 Å². The summed E-state index contributed by atoms with van der Waals surface area (Å²) in [7, 11) is 0. The molecular formula is C15H13BrClNS. The molecular weight excluding hydrogens is 342 g/mol. The Kier molecular flexibility index (Phi) is 4.06. The fourth-order valence-corrected chi connectivity index (χ4v) is 3.90. The van der Waals surface area contributed by atoms with E-state index in [2.05, 4.69) is 45.5 Å². The Labute approximate surface area is 130 Å². The summed E-state index contributed by atoms with van der Waals surface area (Å²) in [4.78, 5) is 1.39. The summed E-state index contributed by atoms with van der Waals surface area (Å²) in [6.07, 6.45) is 1.14. The fraction of sp³-hybridized carbons (Fsp3) is 0.200. The van der Waals surface area contributed by atoms with Gasteiger partial charge in [-0.25, -0.2) is 0 Å². The standard InChI is InChI=1S/C15H13BrClNS/c16-12-9-10(5-6-13(12)17)18-14-7-8-19-15-4-2-1-3-11(14)15/h1-6,9,14,18H,7-8H2. The van der Waals surface area contributed by atoms with Crippen molar-refractivity contribution in [2.45, 2.75) is 17.4 Å². The summed E-state index contributed by atoms with van der Waals surface area (Å²) in [5, 5.41) is 4.34. The van der Waals surface area contributed by atoms with Crippen LogP contribution in [0.3, 0.4) is 0 Å². The number of nitrogens with one attached hydrogen (secondary N) is 1. The van der Waals surface area contributed by atoms with Crippen LogP contribution in [0.1, 0.15) is 18.0 Å². The lowest BCUT2D eigenvalue weighted by Crippen LogP contribution is -2.15. The van der Waals surface area contributed by atoms with Crippen molar-refractivity contribution in [3.05, 3.63) is 57.5 Å². The summed E-state index contributed by atoms with van der Waals surface area (Å²) in [6.45, 7) is 0. The molecule has 1 heterocycles. The van der Waals surface area contributed by atoms with E-state index in [0.29, 0.717) is 6.04 Å². The number of benzene rings is 2. The average molecular weight is 355 g/mol. The molecule has 3 rings (SSSR count). The van der Waals surface area contributed by atoms with E-state index < -0.39 is 0 Å². The molecule has 1 aliphatic rings. The van der Waals surface area contributed by atoms with Gasteiger partial charge < -0.3 is 5.32 Å². The number of anilines is 1. The molecule has 2 aromatic carbocycles. The number of halogens is 2. The quantitative estimate of drug-likeness (QED) is 0.736. The van der Waals surface area contributed by atoms with Crippen molar-refractivity contribution in [1.29, 1.82) is 0 Å². The van der Waals surface area contributed by atoms with Crippen LogP contribution in [-0.2, 0) is 0 Å². The van der Waals surface area contributed by atoms with Crippen molar-refractivity contribution >= 4 is 45.0 Å². The third kappa shape index (κ3) is 2.93. The van der Waals surface area contributed by atoms with E-state index in [1.165, 1.54) is 10.5 Å². The van der Waals surface area contributed by atoms with Crippen LogP contribution in [0.2, 0.25) is 5.02 Å². The molecule has 0 saturated heterocycles. The minimum Gasteiger partial charge on any atom is -0.378 e. The van der Waals surface area contributed by atoms with Crippen molar-refractivity contribution in [3.8, 4) is 0 Å². The fourth-order valence-electron chi connectivity index (χ4n) is 2.28. The molecule has 4 heteroatoms.